The van der Waals surface area contributed by atoms with Crippen molar-refractivity contribution in [2.45, 2.75) is 25.6 Å². The van der Waals surface area contributed by atoms with Crippen LogP contribution in [0.25, 0.3) is 5.52 Å². The van der Waals surface area contributed by atoms with E-state index in [1.54, 1.807) is 13.8 Å². The van der Waals surface area contributed by atoms with Gasteiger partial charge < -0.3 is 10.5 Å². The van der Waals surface area contributed by atoms with Crippen molar-refractivity contribution < 1.29 is 17.9 Å². The van der Waals surface area contributed by atoms with Gasteiger partial charge in [-0.05, 0) is 13.8 Å². The third-order valence-electron chi connectivity index (χ3n) is 2.23. The van der Waals surface area contributed by atoms with Crippen LogP contribution in [0.1, 0.15) is 19.5 Å². The number of rotatable bonds is 3. The summed E-state index contributed by atoms with van der Waals surface area (Å²) in [5.74, 6) is 0.0732. The summed E-state index contributed by atoms with van der Waals surface area (Å²) in [7, 11) is 0. The molecule has 0 aliphatic heterocycles. The van der Waals surface area contributed by atoms with Crippen LogP contribution in [0.5, 0.6) is 5.88 Å². The number of halogens is 3. The lowest BCUT2D eigenvalue weighted by Gasteiger charge is -2.18. The Morgan fingerprint density at radius 2 is 2.05 bits per heavy atom. The molecule has 0 aliphatic rings. The van der Waals surface area contributed by atoms with E-state index in [4.69, 9.17) is 10.5 Å². The molecule has 19 heavy (non-hydrogen) atoms. The Labute approximate surface area is 107 Å². The minimum atomic E-state index is -4.50. The van der Waals surface area contributed by atoms with Crippen LogP contribution < -0.4 is 10.5 Å². The molecule has 5 nitrogen and oxygen atoms in total. The molecule has 2 aromatic heterocycles. The lowest BCUT2D eigenvalue weighted by atomic mass is 10.1. The first-order valence-corrected chi connectivity index (χ1v) is 5.50. The Kier molecular flexibility index (Phi) is 3.13. The predicted molar refractivity (Wildman–Crippen MR) is 61.8 cm³/mol. The van der Waals surface area contributed by atoms with Crippen molar-refractivity contribution in [3.8, 4) is 5.88 Å². The zero-order chi connectivity index (χ0) is 14.3. The Morgan fingerprint density at radius 3 is 2.63 bits per heavy atom. The average Bonchev–Trinajstić information content (AvgIpc) is 2.68. The van der Waals surface area contributed by atoms with Crippen molar-refractivity contribution in [3.05, 3.63) is 24.2 Å². The molecule has 8 heteroatoms. The van der Waals surface area contributed by atoms with Crippen molar-refractivity contribution in [3.63, 3.8) is 0 Å². The highest BCUT2D eigenvalue weighted by molar-refractivity contribution is 5.56. The number of hydrogen-bond donors (Lipinski definition) is 1. The summed E-state index contributed by atoms with van der Waals surface area (Å²) in [6.07, 6.45) is -1.86. The van der Waals surface area contributed by atoms with Gasteiger partial charge in [0.05, 0.1) is 0 Å². The van der Waals surface area contributed by atoms with E-state index in [-0.39, 0.29) is 18.0 Å². The third-order valence-corrected chi connectivity index (χ3v) is 2.23. The van der Waals surface area contributed by atoms with Crippen molar-refractivity contribution in [1.82, 2.24) is 14.6 Å². The lowest BCUT2D eigenvalue weighted by molar-refractivity contribution is -0.141. The smallest absolute Gasteiger partial charge is 0.435 e. The van der Waals surface area contributed by atoms with E-state index >= 15 is 0 Å². The van der Waals surface area contributed by atoms with Gasteiger partial charge in [-0.15, -0.1) is 0 Å². The van der Waals surface area contributed by atoms with Crippen LogP contribution in [0.2, 0.25) is 0 Å². The fourth-order valence-corrected chi connectivity index (χ4v) is 1.40. The van der Waals surface area contributed by atoms with E-state index in [1.807, 2.05) is 0 Å². The van der Waals surface area contributed by atoms with Crippen LogP contribution in [-0.2, 0) is 6.18 Å². The topological polar surface area (TPSA) is 65.4 Å². The number of ether oxygens (including phenoxy) is 1. The van der Waals surface area contributed by atoms with E-state index in [1.165, 1.54) is 12.4 Å². The van der Waals surface area contributed by atoms with Crippen molar-refractivity contribution in [2.24, 2.45) is 5.73 Å². The SMILES string of the molecule is CC(C)(N)COc1nccn2nc(C(F)(F)F)cc12. The average molecular weight is 274 g/mol. The van der Waals surface area contributed by atoms with Gasteiger partial charge in [-0.1, -0.05) is 0 Å². The third kappa shape index (κ3) is 3.14. The Balaban J connectivity index is 2.37. The highest BCUT2D eigenvalue weighted by atomic mass is 19.4. The largest absolute Gasteiger partial charge is 0.474 e. The minimum Gasteiger partial charge on any atom is -0.474 e. The zero-order valence-electron chi connectivity index (χ0n) is 10.4. The molecule has 0 saturated heterocycles. The van der Waals surface area contributed by atoms with Gasteiger partial charge in [-0.3, -0.25) is 0 Å². The first kappa shape index (κ1) is 13.6. The highest BCUT2D eigenvalue weighted by Gasteiger charge is 2.34. The van der Waals surface area contributed by atoms with Gasteiger partial charge in [-0.25, -0.2) is 9.50 Å². The summed E-state index contributed by atoms with van der Waals surface area (Å²) in [5, 5.41) is 3.43. The molecule has 0 radical (unpaired) electrons. The fraction of sp³-hybridized carbons (Fsp3) is 0.455. The molecule has 0 atom stereocenters. The molecule has 2 aromatic rings. The molecule has 0 bridgehead atoms. The van der Waals surface area contributed by atoms with Crippen LogP contribution >= 0.6 is 0 Å². The second kappa shape index (κ2) is 4.37. The van der Waals surface area contributed by atoms with Crippen LogP contribution in [0.3, 0.4) is 0 Å². The van der Waals surface area contributed by atoms with Gasteiger partial charge in [0.25, 0.3) is 0 Å². The number of nitrogens with zero attached hydrogens (tertiary/aromatic N) is 3. The van der Waals surface area contributed by atoms with Gasteiger partial charge in [0, 0.05) is 24.0 Å². The minimum absolute atomic E-state index is 0.0732. The van der Waals surface area contributed by atoms with Crippen molar-refractivity contribution in [1.29, 1.82) is 0 Å². The molecule has 0 aliphatic carbocycles. The molecular formula is C11H13F3N4O. The number of alkyl halides is 3. The number of nitrogens with two attached hydrogens (primary N) is 1. The highest BCUT2D eigenvalue weighted by Crippen LogP contribution is 2.30. The number of fused-ring (bicyclic) bond motifs is 1. The normalized spacial score (nSPS) is 12.9. The van der Waals surface area contributed by atoms with Crippen molar-refractivity contribution in [2.75, 3.05) is 6.61 Å². The maximum atomic E-state index is 12.6. The van der Waals surface area contributed by atoms with E-state index in [9.17, 15) is 13.2 Å². The molecule has 0 spiro atoms. The Bertz CT molecular complexity index is 586. The van der Waals surface area contributed by atoms with Gasteiger partial charge in [0.2, 0.25) is 5.88 Å². The van der Waals surface area contributed by atoms with Crippen LogP contribution in [-0.4, -0.2) is 26.7 Å². The van der Waals surface area contributed by atoms with Gasteiger partial charge in [0.1, 0.15) is 12.1 Å². The zero-order valence-corrected chi connectivity index (χ0v) is 10.4. The standard InChI is InChI=1S/C11H13F3N4O/c1-10(2,15)6-19-9-7-5-8(11(12,13)14)17-18(7)4-3-16-9/h3-5H,6,15H2,1-2H3. The summed E-state index contributed by atoms with van der Waals surface area (Å²) in [5.41, 5.74) is 4.30. The molecule has 0 unspecified atom stereocenters. The van der Waals surface area contributed by atoms with E-state index in [0.29, 0.717) is 0 Å². The Morgan fingerprint density at radius 1 is 1.37 bits per heavy atom. The second-order valence-corrected chi connectivity index (χ2v) is 4.87. The van der Waals surface area contributed by atoms with Gasteiger partial charge in [0.15, 0.2) is 5.69 Å². The summed E-state index contributed by atoms with van der Waals surface area (Å²) in [6, 6.07) is 0.895. The molecule has 104 valence electrons. The molecule has 2 heterocycles. The molecule has 0 saturated carbocycles. The van der Waals surface area contributed by atoms with Crippen LogP contribution in [0, 0.1) is 0 Å². The monoisotopic (exact) mass is 274 g/mol. The Hall–Kier alpha value is -1.83. The van der Waals surface area contributed by atoms with E-state index in [2.05, 4.69) is 10.1 Å². The van der Waals surface area contributed by atoms with E-state index < -0.39 is 17.4 Å². The molecule has 0 fully saturated rings. The maximum absolute atomic E-state index is 12.6. The second-order valence-electron chi connectivity index (χ2n) is 4.87. The quantitative estimate of drug-likeness (QED) is 0.927. The van der Waals surface area contributed by atoms with Gasteiger partial charge in [-0.2, -0.15) is 18.3 Å². The predicted octanol–water partition coefficient (Wildman–Crippen LogP) is 1.86. The molecule has 0 aromatic carbocycles. The molecule has 2 N–H and O–H groups in total. The summed E-state index contributed by atoms with van der Waals surface area (Å²) >= 11 is 0. The number of hydrogen-bond acceptors (Lipinski definition) is 4. The van der Waals surface area contributed by atoms with Crippen LogP contribution in [0.15, 0.2) is 18.5 Å². The number of aromatic nitrogens is 3. The van der Waals surface area contributed by atoms with E-state index in [0.717, 1.165) is 10.6 Å². The molecule has 0 amide bonds. The lowest BCUT2D eigenvalue weighted by Crippen LogP contribution is -2.38. The molecule has 2 rings (SSSR count). The first-order valence-electron chi connectivity index (χ1n) is 5.50. The maximum Gasteiger partial charge on any atom is 0.435 e. The van der Waals surface area contributed by atoms with Crippen LogP contribution in [0.4, 0.5) is 13.2 Å². The first-order chi connectivity index (χ1) is 8.67. The fourth-order valence-electron chi connectivity index (χ4n) is 1.40. The van der Waals surface area contributed by atoms with Gasteiger partial charge >= 0.3 is 6.18 Å². The summed E-state index contributed by atoms with van der Waals surface area (Å²) in [6.45, 7) is 3.61. The molecular weight excluding hydrogens is 261 g/mol. The summed E-state index contributed by atoms with van der Waals surface area (Å²) < 4.78 is 44.2. The summed E-state index contributed by atoms with van der Waals surface area (Å²) in [4.78, 5) is 3.90. The van der Waals surface area contributed by atoms with Crippen molar-refractivity contribution >= 4 is 5.52 Å².